The number of pyridine rings is 1. The van der Waals surface area contributed by atoms with Gasteiger partial charge in [0.1, 0.15) is 0 Å². The summed E-state index contributed by atoms with van der Waals surface area (Å²) in [4.78, 5) is 14.5. The highest BCUT2D eigenvalue weighted by Crippen LogP contribution is 2.27. The van der Waals surface area contributed by atoms with Crippen LogP contribution in [-0.2, 0) is 4.79 Å². The second kappa shape index (κ2) is 7.36. The number of rotatable bonds is 5. The summed E-state index contributed by atoms with van der Waals surface area (Å²) in [5, 5.41) is 14.4. The van der Waals surface area contributed by atoms with Gasteiger partial charge in [0.25, 0.3) is 5.03 Å². The number of benzene rings is 2. The van der Waals surface area contributed by atoms with Gasteiger partial charge >= 0.3 is 0 Å². The van der Waals surface area contributed by atoms with Gasteiger partial charge in [-0.2, -0.15) is 4.73 Å². The lowest BCUT2D eigenvalue weighted by molar-refractivity contribution is -0.645. The first kappa shape index (κ1) is 16.3. The molecule has 4 nitrogen and oxygen atoms in total. The van der Waals surface area contributed by atoms with Crippen molar-refractivity contribution in [3.05, 3.63) is 72.1 Å². The molecule has 0 fully saturated rings. The summed E-state index contributed by atoms with van der Waals surface area (Å²) in [6.07, 6.45) is 1.44. The number of hydrogen-bond acceptors (Lipinski definition) is 3. The van der Waals surface area contributed by atoms with Gasteiger partial charge in [0, 0.05) is 24.1 Å². The lowest BCUT2D eigenvalue weighted by Crippen LogP contribution is -2.33. The molecular formula is C19H18N2O2S. The minimum absolute atomic E-state index is 0.0114. The van der Waals surface area contributed by atoms with Crippen molar-refractivity contribution in [1.29, 1.82) is 0 Å². The van der Waals surface area contributed by atoms with Crippen LogP contribution in [0.2, 0.25) is 0 Å². The highest BCUT2D eigenvalue weighted by atomic mass is 32.2. The van der Waals surface area contributed by atoms with Crippen LogP contribution in [0.15, 0.2) is 71.9 Å². The lowest BCUT2D eigenvalue weighted by atomic mass is 10.1. The summed E-state index contributed by atoms with van der Waals surface area (Å²) in [5.41, 5.74) is 0.907. The minimum Gasteiger partial charge on any atom is -0.618 e. The van der Waals surface area contributed by atoms with Gasteiger partial charge in [-0.1, -0.05) is 36.4 Å². The second-order valence-corrected chi connectivity index (χ2v) is 6.29. The van der Waals surface area contributed by atoms with Crippen LogP contribution in [0.5, 0.6) is 0 Å². The average Bonchev–Trinajstić information content (AvgIpc) is 2.62. The number of nitrogens with zero attached hydrogens (tertiary/aromatic N) is 2. The van der Waals surface area contributed by atoms with Crippen LogP contribution in [0.4, 0.5) is 5.69 Å². The van der Waals surface area contributed by atoms with Crippen molar-refractivity contribution in [1.82, 2.24) is 0 Å². The molecule has 0 aliphatic carbocycles. The Labute approximate surface area is 145 Å². The Kier molecular flexibility index (Phi) is 5.01. The predicted octanol–water partition coefficient (Wildman–Crippen LogP) is 3.62. The SMILES string of the molecule is CCN(C(=O)CSc1cccc[n+]1[O-])c1cccc2ccccc12. The molecule has 3 rings (SSSR count). The maximum absolute atomic E-state index is 12.7. The fourth-order valence-electron chi connectivity index (χ4n) is 2.66. The summed E-state index contributed by atoms with van der Waals surface area (Å²) < 4.78 is 0.784. The second-order valence-electron chi connectivity index (χ2n) is 5.29. The zero-order chi connectivity index (χ0) is 16.9. The van der Waals surface area contributed by atoms with Crippen molar-refractivity contribution in [2.24, 2.45) is 0 Å². The summed E-state index contributed by atoms with van der Waals surface area (Å²) in [6.45, 7) is 2.54. The number of carbonyl (C=O) groups is 1. The van der Waals surface area contributed by atoms with Crippen LogP contribution < -0.4 is 9.63 Å². The molecule has 3 aromatic rings. The van der Waals surface area contributed by atoms with E-state index in [0.29, 0.717) is 11.6 Å². The van der Waals surface area contributed by atoms with Crippen molar-refractivity contribution in [3.63, 3.8) is 0 Å². The van der Waals surface area contributed by atoms with E-state index in [1.807, 2.05) is 49.4 Å². The number of hydrogen-bond donors (Lipinski definition) is 0. The van der Waals surface area contributed by atoms with Crippen molar-refractivity contribution in [2.45, 2.75) is 11.9 Å². The molecule has 0 bridgehead atoms. The van der Waals surface area contributed by atoms with Gasteiger partial charge in [-0.15, -0.1) is 0 Å². The van der Waals surface area contributed by atoms with Gasteiger partial charge in [-0.25, -0.2) is 0 Å². The molecule has 1 heterocycles. The molecule has 0 spiro atoms. The quantitative estimate of drug-likeness (QED) is 0.405. The number of fused-ring (bicyclic) bond motifs is 1. The molecular weight excluding hydrogens is 320 g/mol. The normalized spacial score (nSPS) is 10.7. The zero-order valence-corrected chi connectivity index (χ0v) is 14.2. The third-order valence-corrected chi connectivity index (χ3v) is 4.81. The Bertz CT molecular complexity index is 861. The topological polar surface area (TPSA) is 47.2 Å². The van der Waals surface area contributed by atoms with Gasteiger partial charge < -0.3 is 10.1 Å². The molecule has 0 unspecified atom stereocenters. The Morgan fingerprint density at radius 2 is 1.83 bits per heavy atom. The van der Waals surface area contributed by atoms with E-state index in [4.69, 9.17) is 0 Å². The molecule has 0 aliphatic heterocycles. The molecule has 0 saturated carbocycles. The van der Waals surface area contributed by atoms with Gasteiger partial charge in [-0.05, 0) is 36.2 Å². The monoisotopic (exact) mass is 338 g/mol. The van der Waals surface area contributed by atoms with Gasteiger partial charge in [0.15, 0.2) is 6.20 Å². The molecule has 5 heteroatoms. The van der Waals surface area contributed by atoms with Gasteiger partial charge in [0.05, 0.1) is 11.4 Å². The summed E-state index contributed by atoms with van der Waals surface area (Å²) in [5.74, 6) is 0.214. The van der Waals surface area contributed by atoms with Crippen LogP contribution in [0.25, 0.3) is 10.8 Å². The first-order valence-electron chi connectivity index (χ1n) is 7.80. The van der Waals surface area contributed by atoms with E-state index in [-0.39, 0.29) is 11.7 Å². The largest absolute Gasteiger partial charge is 0.618 e. The number of aromatic nitrogens is 1. The Hall–Kier alpha value is -2.53. The zero-order valence-electron chi connectivity index (χ0n) is 13.4. The summed E-state index contributed by atoms with van der Waals surface area (Å²) in [6, 6.07) is 19.2. The predicted molar refractivity (Wildman–Crippen MR) is 98.1 cm³/mol. The standard InChI is InChI=1S/C19H18N2O2S/c1-2-20(17-11-7-9-15-8-3-4-10-16(15)17)18(22)14-24-19-12-5-6-13-21(19)23/h3-13H,2,14H2,1H3. The van der Waals surface area contributed by atoms with Gasteiger partial charge in [-0.3, -0.25) is 4.79 Å². The fourth-order valence-corrected chi connectivity index (χ4v) is 3.45. The molecule has 0 saturated heterocycles. The van der Waals surface area contributed by atoms with E-state index < -0.39 is 0 Å². The van der Waals surface area contributed by atoms with Crippen molar-refractivity contribution in [2.75, 3.05) is 17.2 Å². The molecule has 122 valence electrons. The minimum atomic E-state index is -0.0114. The molecule has 0 radical (unpaired) electrons. The Morgan fingerprint density at radius 1 is 1.08 bits per heavy atom. The maximum atomic E-state index is 12.7. The highest BCUT2D eigenvalue weighted by Gasteiger charge is 2.18. The van der Waals surface area contributed by atoms with Gasteiger partial charge in [0.2, 0.25) is 5.91 Å². The summed E-state index contributed by atoms with van der Waals surface area (Å²) >= 11 is 1.26. The Balaban J connectivity index is 1.83. The van der Waals surface area contributed by atoms with E-state index in [1.165, 1.54) is 18.0 Å². The number of thioether (sulfide) groups is 1. The van der Waals surface area contributed by atoms with Crippen molar-refractivity contribution < 1.29 is 9.52 Å². The van der Waals surface area contributed by atoms with E-state index in [0.717, 1.165) is 21.2 Å². The molecule has 0 N–H and O–H groups in total. The number of amides is 1. The van der Waals surface area contributed by atoms with Crippen LogP contribution in [0, 0.1) is 5.21 Å². The summed E-state index contributed by atoms with van der Waals surface area (Å²) in [7, 11) is 0. The highest BCUT2D eigenvalue weighted by molar-refractivity contribution is 7.99. The van der Waals surface area contributed by atoms with Crippen LogP contribution in [0.1, 0.15) is 6.92 Å². The van der Waals surface area contributed by atoms with Crippen LogP contribution >= 0.6 is 11.8 Å². The molecule has 0 atom stereocenters. The van der Waals surface area contributed by atoms with Crippen LogP contribution in [0.3, 0.4) is 0 Å². The number of anilines is 1. The van der Waals surface area contributed by atoms with E-state index in [2.05, 4.69) is 0 Å². The molecule has 24 heavy (non-hydrogen) atoms. The van der Waals surface area contributed by atoms with E-state index in [9.17, 15) is 10.0 Å². The molecule has 0 aliphatic rings. The van der Waals surface area contributed by atoms with E-state index >= 15 is 0 Å². The number of carbonyl (C=O) groups excluding carboxylic acids is 1. The van der Waals surface area contributed by atoms with Crippen molar-refractivity contribution in [3.8, 4) is 0 Å². The van der Waals surface area contributed by atoms with E-state index in [1.54, 1.807) is 23.1 Å². The first-order chi connectivity index (χ1) is 11.7. The maximum Gasteiger partial charge on any atom is 0.251 e. The molecule has 1 aromatic heterocycles. The third kappa shape index (κ3) is 3.36. The lowest BCUT2D eigenvalue weighted by Gasteiger charge is -2.22. The average molecular weight is 338 g/mol. The third-order valence-electron chi connectivity index (χ3n) is 3.81. The first-order valence-corrected chi connectivity index (χ1v) is 8.78. The molecule has 2 aromatic carbocycles. The Morgan fingerprint density at radius 3 is 2.62 bits per heavy atom. The fraction of sp³-hybridized carbons (Fsp3) is 0.158. The molecule has 1 amide bonds. The smallest absolute Gasteiger partial charge is 0.251 e. The van der Waals surface area contributed by atoms with Crippen molar-refractivity contribution >= 4 is 34.1 Å². The van der Waals surface area contributed by atoms with Crippen LogP contribution in [-0.4, -0.2) is 18.2 Å².